The summed E-state index contributed by atoms with van der Waals surface area (Å²) in [5.74, 6) is 2.36. The van der Waals surface area contributed by atoms with E-state index in [1.807, 2.05) is 60.7 Å². The van der Waals surface area contributed by atoms with Gasteiger partial charge in [-0.15, -0.1) is 20.4 Å². The summed E-state index contributed by atoms with van der Waals surface area (Å²) in [6.45, 7) is 4.22. The summed E-state index contributed by atoms with van der Waals surface area (Å²) in [4.78, 5) is 0. The van der Waals surface area contributed by atoms with Crippen molar-refractivity contribution in [3.63, 3.8) is 0 Å². The molecule has 0 saturated carbocycles. The standard InChI is InChI=1S/C25H21N5OS/c1-17-13-14-21(15-18(17)2)30-23(19-9-5-3-6-10-19)27-29-25(30)32-16-22-26-28-24(31-22)20-11-7-4-8-12-20/h3-15H,16H2,1-2H3. The van der Waals surface area contributed by atoms with E-state index < -0.39 is 0 Å². The first-order chi connectivity index (χ1) is 15.7. The molecule has 3 aromatic carbocycles. The fourth-order valence-corrected chi connectivity index (χ4v) is 4.16. The first kappa shape index (κ1) is 20.2. The van der Waals surface area contributed by atoms with Crippen LogP contribution in [0.5, 0.6) is 0 Å². The Morgan fingerprint density at radius 3 is 2.19 bits per heavy atom. The largest absolute Gasteiger partial charge is 0.420 e. The number of nitrogens with zero attached hydrogens (tertiary/aromatic N) is 5. The SMILES string of the molecule is Cc1ccc(-n2c(SCc3nnc(-c4ccccc4)o3)nnc2-c2ccccc2)cc1C. The summed E-state index contributed by atoms with van der Waals surface area (Å²) >= 11 is 1.52. The molecule has 0 atom stereocenters. The molecule has 32 heavy (non-hydrogen) atoms. The molecule has 6 nitrogen and oxygen atoms in total. The van der Waals surface area contributed by atoms with Crippen LogP contribution in [0.4, 0.5) is 0 Å². The molecule has 7 heteroatoms. The number of benzene rings is 3. The van der Waals surface area contributed by atoms with Crippen LogP contribution in [0.2, 0.25) is 0 Å². The quantitative estimate of drug-likeness (QED) is 0.307. The maximum absolute atomic E-state index is 5.86. The summed E-state index contributed by atoms with van der Waals surface area (Å²) in [7, 11) is 0. The van der Waals surface area contributed by atoms with E-state index in [1.54, 1.807) is 0 Å². The molecule has 0 spiro atoms. The van der Waals surface area contributed by atoms with Crippen molar-refractivity contribution in [3.8, 4) is 28.5 Å². The Balaban J connectivity index is 1.47. The predicted octanol–water partition coefficient (Wildman–Crippen LogP) is 5.89. The smallest absolute Gasteiger partial charge is 0.247 e. The van der Waals surface area contributed by atoms with E-state index in [4.69, 9.17) is 4.42 Å². The van der Waals surface area contributed by atoms with Gasteiger partial charge in [-0.25, -0.2) is 0 Å². The summed E-state index contributed by atoms with van der Waals surface area (Å²) in [5, 5.41) is 18.1. The van der Waals surface area contributed by atoms with Gasteiger partial charge in [0.15, 0.2) is 11.0 Å². The molecule has 0 amide bonds. The molecule has 2 aromatic heterocycles. The number of aryl methyl sites for hydroxylation is 2. The second-order valence-electron chi connectivity index (χ2n) is 7.43. The van der Waals surface area contributed by atoms with Gasteiger partial charge >= 0.3 is 0 Å². The fourth-order valence-electron chi connectivity index (χ4n) is 3.37. The molecule has 0 fully saturated rings. The van der Waals surface area contributed by atoms with Gasteiger partial charge in [0.2, 0.25) is 11.8 Å². The molecular formula is C25H21N5OS. The number of hydrogen-bond acceptors (Lipinski definition) is 6. The van der Waals surface area contributed by atoms with Crippen LogP contribution in [-0.2, 0) is 5.75 Å². The van der Waals surface area contributed by atoms with Gasteiger partial charge in [-0.2, -0.15) is 0 Å². The van der Waals surface area contributed by atoms with Crippen molar-refractivity contribution in [2.24, 2.45) is 0 Å². The Hall–Kier alpha value is -3.71. The molecule has 158 valence electrons. The van der Waals surface area contributed by atoms with Crippen LogP contribution >= 0.6 is 11.8 Å². The lowest BCUT2D eigenvalue weighted by Gasteiger charge is -2.12. The van der Waals surface area contributed by atoms with Gasteiger partial charge in [0.1, 0.15) is 0 Å². The first-order valence-corrected chi connectivity index (χ1v) is 11.3. The summed E-state index contributed by atoms with van der Waals surface area (Å²) < 4.78 is 7.95. The van der Waals surface area contributed by atoms with Crippen LogP contribution in [-0.4, -0.2) is 25.0 Å². The topological polar surface area (TPSA) is 69.6 Å². The van der Waals surface area contributed by atoms with E-state index in [9.17, 15) is 0 Å². The molecule has 5 rings (SSSR count). The summed E-state index contributed by atoms with van der Waals surface area (Å²) in [6, 6.07) is 26.2. The molecule has 2 heterocycles. The second-order valence-corrected chi connectivity index (χ2v) is 8.37. The zero-order valence-corrected chi connectivity index (χ0v) is 18.6. The third-order valence-corrected chi connectivity index (χ3v) is 6.14. The van der Waals surface area contributed by atoms with Gasteiger partial charge < -0.3 is 4.42 Å². The molecule has 0 aliphatic heterocycles. The molecule has 0 unspecified atom stereocenters. The second kappa shape index (κ2) is 8.80. The molecule has 0 aliphatic carbocycles. The van der Waals surface area contributed by atoms with Crippen molar-refractivity contribution >= 4 is 11.8 Å². The molecule has 0 N–H and O–H groups in total. The van der Waals surface area contributed by atoms with E-state index in [2.05, 4.69) is 57.0 Å². The maximum atomic E-state index is 5.86. The lowest BCUT2D eigenvalue weighted by Crippen LogP contribution is -2.01. The van der Waals surface area contributed by atoms with Gasteiger partial charge in [0.05, 0.1) is 11.4 Å². The Morgan fingerprint density at radius 2 is 1.47 bits per heavy atom. The van der Waals surface area contributed by atoms with Crippen LogP contribution < -0.4 is 0 Å². The van der Waals surface area contributed by atoms with Crippen LogP contribution in [0, 0.1) is 13.8 Å². The summed E-state index contributed by atoms with van der Waals surface area (Å²) in [5.41, 5.74) is 5.40. The lowest BCUT2D eigenvalue weighted by atomic mass is 10.1. The Labute approximate surface area is 190 Å². The minimum absolute atomic E-state index is 0.498. The molecule has 0 bridgehead atoms. The highest BCUT2D eigenvalue weighted by Gasteiger charge is 2.18. The third-order valence-electron chi connectivity index (χ3n) is 5.23. The summed E-state index contributed by atoms with van der Waals surface area (Å²) in [6.07, 6.45) is 0. The number of hydrogen-bond donors (Lipinski definition) is 0. The Bertz CT molecular complexity index is 1350. The van der Waals surface area contributed by atoms with E-state index in [0.29, 0.717) is 17.5 Å². The van der Waals surface area contributed by atoms with Crippen LogP contribution in [0.15, 0.2) is 88.4 Å². The van der Waals surface area contributed by atoms with Crippen LogP contribution in [0.1, 0.15) is 17.0 Å². The first-order valence-electron chi connectivity index (χ1n) is 10.3. The number of thioether (sulfide) groups is 1. The lowest BCUT2D eigenvalue weighted by molar-refractivity contribution is 0.528. The normalized spacial score (nSPS) is 11.1. The Morgan fingerprint density at radius 1 is 0.750 bits per heavy atom. The Kier molecular flexibility index (Phi) is 5.56. The van der Waals surface area contributed by atoms with Crippen LogP contribution in [0.3, 0.4) is 0 Å². The van der Waals surface area contributed by atoms with Crippen molar-refractivity contribution in [1.29, 1.82) is 0 Å². The third kappa shape index (κ3) is 4.07. The van der Waals surface area contributed by atoms with Crippen molar-refractivity contribution in [2.75, 3.05) is 0 Å². The van der Waals surface area contributed by atoms with Crippen molar-refractivity contribution in [2.45, 2.75) is 24.8 Å². The van der Waals surface area contributed by atoms with E-state index >= 15 is 0 Å². The molecular weight excluding hydrogens is 418 g/mol. The van der Waals surface area contributed by atoms with Gasteiger partial charge in [0, 0.05) is 11.1 Å². The van der Waals surface area contributed by atoms with E-state index in [0.717, 1.165) is 27.8 Å². The number of aromatic nitrogens is 5. The zero-order chi connectivity index (χ0) is 21.9. The highest BCUT2D eigenvalue weighted by molar-refractivity contribution is 7.98. The van der Waals surface area contributed by atoms with Crippen molar-refractivity contribution in [1.82, 2.24) is 25.0 Å². The van der Waals surface area contributed by atoms with Crippen LogP contribution in [0.25, 0.3) is 28.5 Å². The molecule has 0 saturated heterocycles. The van der Waals surface area contributed by atoms with Gasteiger partial charge in [-0.05, 0) is 49.2 Å². The predicted molar refractivity (Wildman–Crippen MR) is 126 cm³/mol. The van der Waals surface area contributed by atoms with Gasteiger partial charge in [0.25, 0.3) is 0 Å². The molecule has 0 radical (unpaired) electrons. The van der Waals surface area contributed by atoms with Gasteiger partial charge in [-0.1, -0.05) is 66.4 Å². The van der Waals surface area contributed by atoms with Gasteiger partial charge in [-0.3, -0.25) is 4.57 Å². The van der Waals surface area contributed by atoms with E-state index in [1.165, 1.54) is 22.9 Å². The zero-order valence-electron chi connectivity index (χ0n) is 17.8. The molecule has 5 aromatic rings. The average Bonchev–Trinajstić information content (AvgIpc) is 3.48. The highest BCUT2D eigenvalue weighted by atomic mass is 32.2. The highest BCUT2D eigenvalue weighted by Crippen LogP contribution is 2.30. The minimum atomic E-state index is 0.498. The number of rotatable bonds is 6. The van der Waals surface area contributed by atoms with Crippen molar-refractivity contribution in [3.05, 3.63) is 95.9 Å². The maximum Gasteiger partial charge on any atom is 0.247 e. The molecule has 0 aliphatic rings. The minimum Gasteiger partial charge on any atom is -0.420 e. The monoisotopic (exact) mass is 439 g/mol. The average molecular weight is 440 g/mol. The van der Waals surface area contributed by atoms with E-state index in [-0.39, 0.29) is 0 Å². The fraction of sp³-hybridized carbons (Fsp3) is 0.120. The van der Waals surface area contributed by atoms with Crippen molar-refractivity contribution < 1.29 is 4.42 Å².